The van der Waals surface area contributed by atoms with Crippen LogP contribution in [0.1, 0.15) is 12.8 Å². The van der Waals surface area contributed by atoms with Gasteiger partial charge in [0, 0.05) is 12.6 Å². The van der Waals surface area contributed by atoms with Crippen molar-refractivity contribution in [2.75, 3.05) is 19.4 Å². The number of ether oxygens (including phenoxy) is 1. The summed E-state index contributed by atoms with van der Waals surface area (Å²) in [5.41, 5.74) is 5.62. The van der Waals surface area contributed by atoms with Crippen molar-refractivity contribution in [2.45, 2.75) is 25.0 Å². The van der Waals surface area contributed by atoms with Crippen molar-refractivity contribution in [1.29, 1.82) is 0 Å². The van der Waals surface area contributed by atoms with Gasteiger partial charge in [0.2, 0.25) is 10.0 Å². The molecule has 5 nitrogen and oxygen atoms in total. The lowest BCUT2D eigenvalue weighted by Gasteiger charge is -2.26. The molecule has 1 fully saturated rings. The van der Waals surface area contributed by atoms with Crippen molar-refractivity contribution in [3.8, 4) is 0 Å². The SMILES string of the molecule is CS(=O)(=O)NC[C@@H]1CC[C@@H](N)CO1. The predicted molar refractivity (Wildman–Crippen MR) is 49.8 cm³/mol. The summed E-state index contributed by atoms with van der Waals surface area (Å²) >= 11 is 0. The second-order valence-electron chi connectivity index (χ2n) is 3.41. The number of hydrogen-bond acceptors (Lipinski definition) is 4. The number of rotatable bonds is 3. The maximum absolute atomic E-state index is 10.7. The Labute approximate surface area is 78.7 Å². The minimum Gasteiger partial charge on any atom is -0.375 e. The highest BCUT2D eigenvalue weighted by molar-refractivity contribution is 7.88. The van der Waals surface area contributed by atoms with E-state index in [4.69, 9.17) is 10.5 Å². The fraction of sp³-hybridized carbons (Fsp3) is 1.00. The van der Waals surface area contributed by atoms with Crippen molar-refractivity contribution >= 4 is 10.0 Å². The first kappa shape index (κ1) is 10.9. The molecule has 0 saturated carbocycles. The Morgan fingerprint density at radius 2 is 2.23 bits per heavy atom. The van der Waals surface area contributed by atoms with Crippen LogP contribution in [0.25, 0.3) is 0 Å². The molecule has 0 radical (unpaired) electrons. The van der Waals surface area contributed by atoms with Gasteiger partial charge in [0.05, 0.1) is 19.0 Å². The molecule has 6 heteroatoms. The Kier molecular flexibility index (Phi) is 3.66. The molecule has 0 spiro atoms. The molecular formula is C7H16N2O3S. The Hall–Kier alpha value is -0.170. The van der Waals surface area contributed by atoms with Crippen molar-refractivity contribution < 1.29 is 13.2 Å². The van der Waals surface area contributed by atoms with Gasteiger partial charge in [-0.05, 0) is 12.8 Å². The second-order valence-corrected chi connectivity index (χ2v) is 5.25. The fourth-order valence-electron chi connectivity index (χ4n) is 1.23. The molecule has 0 unspecified atom stereocenters. The molecule has 1 heterocycles. The third kappa shape index (κ3) is 4.56. The maximum Gasteiger partial charge on any atom is 0.208 e. The van der Waals surface area contributed by atoms with E-state index in [2.05, 4.69) is 4.72 Å². The molecule has 3 N–H and O–H groups in total. The molecule has 78 valence electrons. The number of hydrogen-bond donors (Lipinski definition) is 2. The average Bonchev–Trinajstić information content (AvgIpc) is 2.02. The molecule has 0 aromatic carbocycles. The van der Waals surface area contributed by atoms with Crippen LogP contribution in [0.2, 0.25) is 0 Å². The molecule has 0 amide bonds. The van der Waals surface area contributed by atoms with E-state index in [-0.39, 0.29) is 12.1 Å². The average molecular weight is 208 g/mol. The van der Waals surface area contributed by atoms with Crippen LogP contribution in [0.5, 0.6) is 0 Å². The van der Waals surface area contributed by atoms with Crippen LogP contribution in [0.3, 0.4) is 0 Å². The Bertz CT molecular complexity index is 244. The molecule has 0 aromatic heterocycles. The summed E-state index contributed by atoms with van der Waals surface area (Å²) in [5.74, 6) is 0. The van der Waals surface area contributed by atoms with Crippen molar-refractivity contribution in [3.05, 3.63) is 0 Å². The van der Waals surface area contributed by atoms with Crippen LogP contribution >= 0.6 is 0 Å². The molecular weight excluding hydrogens is 192 g/mol. The van der Waals surface area contributed by atoms with Crippen LogP contribution in [-0.4, -0.2) is 40.0 Å². The Morgan fingerprint density at radius 1 is 1.54 bits per heavy atom. The smallest absolute Gasteiger partial charge is 0.208 e. The van der Waals surface area contributed by atoms with E-state index in [9.17, 15) is 8.42 Å². The van der Waals surface area contributed by atoms with Crippen LogP contribution in [0.4, 0.5) is 0 Å². The van der Waals surface area contributed by atoms with Crippen molar-refractivity contribution in [1.82, 2.24) is 4.72 Å². The van der Waals surface area contributed by atoms with Gasteiger partial charge in [-0.2, -0.15) is 0 Å². The topological polar surface area (TPSA) is 81.4 Å². The first-order chi connectivity index (χ1) is 5.97. The van der Waals surface area contributed by atoms with Gasteiger partial charge in [-0.15, -0.1) is 0 Å². The summed E-state index contributed by atoms with van der Waals surface area (Å²) in [6.45, 7) is 0.877. The minimum atomic E-state index is -3.10. The minimum absolute atomic E-state index is 0.0190. The zero-order valence-corrected chi connectivity index (χ0v) is 8.51. The first-order valence-electron chi connectivity index (χ1n) is 4.29. The summed E-state index contributed by atoms with van der Waals surface area (Å²) in [6, 6.07) is 0.106. The standard InChI is InChI=1S/C7H16N2O3S/c1-13(10,11)9-4-7-3-2-6(8)5-12-7/h6-7,9H,2-5,8H2,1H3/t6-,7+/m1/s1. The third-order valence-corrected chi connectivity index (χ3v) is 2.67. The van der Waals surface area contributed by atoms with E-state index in [0.29, 0.717) is 13.2 Å². The molecule has 0 aromatic rings. The molecule has 0 bridgehead atoms. The maximum atomic E-state index is 10.7. The van der Waals surface area contributed by atoms with Gasteiger partial charge in [-0.3, -0.25) is 0 Å². The lowest BCUT2D eigenvalue weighted by atomic mass is 10.1. The lowest BCUT2D eigenvalue weighted by Crippen LogP contribution is -2.41. The van der Waals surface area contributed by atoms with Crippen LogP contribution in [0, 0.1) is 0 Å². The van der Waals surface area contributed by atoms with Crippen molar-refractivity contribution in [2.24, 2.45) is 5.73 Å². The molecule has 13 heavy (non-hydrogen) atoms. The van der Waals surface area contributed by atoms with E-state index in [1.165, 1.54) is 0 Å². The van der Waals surface area contributed by atoms with Gasteiger partial charge in [0.25, 0.3) is 0 Å². The molecule has 1 rings (SSSR count). The second kappa shape index (κ2) is 4.36. The van der Waals surface area contributed by atoms with Gasteiger partial charge in [0.1, 0.15) is 0 Å². The Balaban J connectivity index is 2.24. The molecule has 2 atom stereocenters. The molecule has 1 aliphatic heterocycles. The van der Waals surface area contributed by atoms with Gasteiger partial charge in [0.15, 0.2) is 0 Å². The normalized spacial score (nSPS) is 30.3. The number of sulfonamides is 1. The van der Waals surface area contributed by atoms with Crippen LogP contribution < -0.4 is 10.5 Å². The summed E-state index contributed by atoms with van der Waals surface area (Å²) in [7, 11) is -3.10. The van der Waals surface area contributed by atoms with Crippen LogP contribution in [0.15, 0.2) is 0 Å². The monoisotopic (exact) mass is 208 g/mol. The third-order valence-electron chi connectivity index (χ3n) is 1.98. The highest BCUT2D eigenvalue weighted by atomic mass is 32.2. The van der Waals surface area contributed by atoms with E-state index in [0.717, 1.165) is 19.1 Å². The largest absolute Gasteiger partial charge is 0.375 e. The highest BCUT2D eigenvalue weighted by Gasteiger charge is 2.19. The van der Waals surface area contributed by atoms with E-state index >= 15 is 0 Å². The zero-order valence-electron chi connectivity index (χ0n) is 7.69. The van der Waals surface area contributed by atoms with Crippen molar-refractivity contribution in [3.63, 3.8) is 0 Å². The molecule has 1 aliphatic rings. The number of nitrogens with two attached hydrogens (primary N) is 1. The summed E-state index contributed by atoms with van der Waals surface area (Å²) in [5, 5.41) is 0. The summed E-state index contributed by atoms with van der Waals surface area (Å²) < 4.78 is 29.2. The van der Waals surface area contributed by atoms with E-state index in [1.54, 1.807) is 0 Å². The first-order valence-corrected chi connectivity index (χ1v) is 6.18. The van der Waals surface area contributed by atoms with Gasteiger partial charge in [-0.1, -0.05) is 0 Å². The highest BCUT2D eigenvalue weighted by Crippen LogP contribution is 2.11. The van der Waals surface area contributed by atoms with Crippen LogP contribution in [-0.2, 0) is 14.8 Å². The van der Waals surface area contributed by atoms with Gasteiger partial charge < -0.3 is 10.5 Å². The molecule has 1 saturated heterocycles. The Morgan fingerprint density at radius 3 is 2.69 bits per heavy atom. The van der Waals surface area contributed by atoms with Gasteiger partial charge in [-0.25, -0.2) is 13.1 Å². The summed E-state index contributed by atoms with van der Waals surface area (Å²) in [6.07, 6.45) is 2.84. The van der Waals surface area contributed by atoms with Gasteiger partial charge >= 0.3 is 0 Å². The van der Waals surface area contributed by atoms with E-state index in [1.807, 2.05) is 0 Å². The fourth-order valence-corrected chi connectivity index (χ4v) is 1.72. The zero-order chi connectivity index (χ0) is 9.90. The quantitative estimate of drug-likeness (QED) is 0.626. The molecule has 0 aliphatic carbocycles. The number of nitrogens with one attached hydrogen (secondary N) is 1. The van der Waals surface area contributed by atoms with E-state index < -0.39 is 10.0 Å². The lowest BCUT2D eigenvalue weighted by molar-refractivity contribution is 0.00926. The predicted octanol–water partition coefficient (Wildman–Crippen LogP) is -0.958. The summed E-state index contributed by atoms with van der Waals surface area (Å²) in [4.78, 5) is 0.